The van der Waals surface area contributed by atoms with Crippen molar-refractivity contribution in [2.75, 3.05) is 20.2 Å². The zero-order valence-electron chi connectivity index (χ0n) is 38.7. The van der Waals surface area contributed by atoms with Gasteiger partial charge in [0.05, 0.1) is 0 Å². The molecule has 1 saturated carbocycles. The topological polar surface area (TPSA) is 50.7 Å². The molecule has 4 unspecified atom stereocenters. The summed E-state index contributed by atoms with van der Waals surface area (Å²) in [5, 5.41) is 3.92. The van der Waals surface area contributed by atoms with Crippen LogP contribution in [-0.4, -0.2) is 31.8 Å². The molecule has 2 aromatic carbocycles. The molecule has 4 nitrogen and oxygen atoms in total. The number of hydrogen-bond donors (Lipinski definition) is 1. The highest BCUT2D eigenvalue weighted by Gasteiger charge is 2.22. The molecule has 5 heteroatoms. The molecule has 1 N–H and O–H groups in total. The van der Waals surface area contributed by atoms with Gasteiger partial charge in [-0.25, -0.2) is 0 Å². The van der Waals surface area contributed by atoms with Gasteiger partial charge in [-0.2, -0.15) is 0 Å². The predicted molar refractivity (Wildman–Crippen MR) is 262 cm³/mol. The highest BCUT2D eigenvalue weighted by Crippen LogP contribution is 2.41. The first-order valence-electron chi connectivity index (χ1n) is 23.3. The predicted octanol–water partition coefficient (Wildman–Crippen LogP) is 16.3. The minimum Gasteiger partial charge on any atom is -0.492 e. The summed E-state index contributed by atoms with van der Waals surface area (Å²) in [6.45, 7) is 21.5. The van der Waals surface area contributed by atoms with E-state index in [4.69, 9.17) is 16.3 Å². The van der Waals surface area contributed by atoms with E-state index >= 15 is 0 Å². The molecular weight excluding hydrogens is 744 g/mol. The second-order valence-corrected chi connectivity index (χ2v) is 17.3. The molecule has 0 heterocycles. The zero-order valence-corrected chi connectivity index (χ0v) is 39.4. The van der Waals surface area contributed by atoms with E-state index in [1.54, 1.807) is 5.57 Å². The summed E-state index contributed by atoms with van der Waals surface area (Å²) in [6, 6.07) is 16.8. The number of unbranched alkanes of at least 4 members (excludes halogenated alkanes) is 4. The molecule has 0 saturated heterocycles. The van der Waals surface area contributed by atoms with Crippen LogP contribution in [0.1, 0.15) is 195 Å². The number of carbonyl (C=O) groups is 1. The van der Waals surface area contributed by atoms with Gasteiger partial charge >= 0.3 is 0 Å². The second kappa shape index (κ2) is 31.7. The van der Waals surface area contributed by atoms with E-state index in [1.165, 1.54) is 111 Å². The number of allylic oxidation sites excluding steroid dienone is 6. The number of benzene rings is 2. The standard InChI is InChI=1S/C20H29Cl.C17H29NO.C16H25NO.CH4/c1-4-6-7-9-17(8-5-2)19-13-12-18(21)14-20(19)15(3)16-10-11-16;1-6-9-13(2)15(4)16-10-7-8-11-17(16)19-12-14(3)18-5;1-3-5-9-12-17-16(18)15(4-2)13-14-10-7-6-8-11-14;/h12-14,17H,4-11H2,1-3H3;7,10,13,15H,6,8-9,11-12H2,1-5H3;6-8,10-11,15H,3-5,9,12-13H2,1-2H3,(H,17,18);1H4. The normalized spacial score (nSPS) is 15.4. The second-order valence-electron chi connectivity index (χ2n) is 16.9. The summed E-state index contributed by atoms with van der Waals surface area (Å²) in [7, 11) is 1.82. The number of carbonyl (C=O) groups excluding carboxylic acids is 1. The van der Waals surface area contributed by atoms with Gasteiger partial charge in [0.2, 0.25) is 5.91 Å². The van der Waals surface area contributed by atoms with Crippen molar-refractivity contribution in [1.82, 2.24) is 5.32 Å². The maximum Gasteiger partial charge on any atom is 0.223 e. The third-order valence-corrected chi connectivity index (χ3v) is 12.3. The Labute approximate surface area is 369 Å². The smallest absolute Gasteiger partial charge is 0.223 e. The first kappa shape index (κ1) is 53.9. The Balaban J connectivity index is 0.000000440. The Morgan fingerprint density at radius 2 is 1.53 bits per heavy atom. The summed E-state index contributed by atoms with van der Waals surface area (Å²) in [5.41, 5.74) is 9.77. The highest BCUT2D eigenvalue weighted by molar-refractivity contribution is 6.30. The minimum absolute atomic E-state index is 0. The Hall–Kier alpha value is -3.11. The van der Waals surface area contributed by atoms with Gasteiger partial charge in [0.1, 0.15) is 12.4 Å². The van der Waals surface area contributed by atoms with E-state index in [1.807, 2.05) is 32.2 Å². The largest absolute Gasteiger partial charge is 0.492 e. The van der Waals surface area contributed by atoms with Crippen LogP contribution in [0.2, 0.25) is 5.02 Å². The van der Waals surface area contributed by atoms with Crippen molar-refractivity contribution >= 4 is 28.8 Å². The molecule has 2 aromatic rings. The van der Waals surface area contributed by atoms with Gasteiger partial charge in [-0.15, -0.1) is 0 Å². The lowest BCUT2D eigenvalue weighted by molar-refractivity contribution is -0.125. The summed E-state index contributed by atoms with van der Waals surface area (Å²) in [5.74, 6) is 3.48. The van der Waals surface area contributed by atoms with E-state index in [2.05, 4.69) is 108 Å². The lowest BCUT2D eigenvalue weighted by atomic mass is 9.83. The molecule has 2 aliphatic carbocycles. The van der Waals surface area contributed by atoms with Gasteiger partial charge < -0.3 is 10.1 Å². The van der Waals surface area contributed by atoms with Crippen LogP contribution < -0.4 is 5.32 Å². The van der Waals surface area contributed by atoms with Crippen LogP contribution in [0, 0.1) is 17.8 Å². The number of halogens is 1. The van der Waals surface area contributed by atoms with E-state index < -0.39 is 0 Å². The van der Waals surface area contributed by atoms with Crippen LogP contribution in [0.15, 0.2) is 82.6 Å². The average molecular weight is 832 g/mol. The van der Waals surface area contributed by atoms with Crippen LogP contribution >= 0.6 is 11.6 Å². The summed E-state index contributed by atoms with van der Waals surface area (Å²) in [6.07, 6.45) is 24.8. The van der Waals surface area contributed by atoms with Crippen LogP contribution in [0.5, 0.6) is 0 Å². The van der Waals surface area contributed by atoms with Crippen LogP contribution in [0.3, 0.4) is 0 Å². The zero-order chi connectivity index (χ0) is 42.7. The fraction of sp³-hybridized carbons (Fsp3) is 0.630. The van der Waals surface area contributed by atoms with E-state index in [0.717, 1.165) is 49.4 Å². The van der Waals surface area contributed by atoms with Crippen molar-refractivity contribution in [1.29, 1.82) is 0 Å². The number of hydrogen-bond acceptors (Lipinski definition) is 3. The van der Waals surface area contributed by atoms with Crippen molar-refractivity contribution in [3.8, 4) is 0 Å². The molecule has 2 aliphatic rings. The van der Waals surface area contributed by atoms with Gasteiger partial charge in [0.15, 0.2) is 0 Å². The van der Waals surface area contributed by atoms with Gasteiger partial charge in [0.25, 0.3) is 0 Å². The van der Waals surface area contributed by atoms with Gasteiger partial charge in [-0.3, -0.25) is 9.79 Å². The summed E-state index contributed by atoms with van der Waals surface area (Å²) in [4.78, 5) is 16.2. The molecule has 4 atom stereocenters. The van der Waals surface area contributed by atoms with E-state index in [9.17, 15) is 4.79 Å². The SMILES string of the molecule is C.CCCC(C)C(C)C1=C(OCC(C)=NC)CCC=C1.CCCCCC(CCC)c1ccc(Cl)cc1C(C)=C1CC1.CCCCCNC(=O)C(CC)Cc1ccccc1. The highest BCUT2D eigenvalue weighted by atomic mass is 35.5. The first-order chi connectivity index (χ1) is 28.0. The fourth-order valence-corrected chi connectivity index (χ4v) is 8.00. The van der Waals surface area contributed by atoms with Crippen LogP contribution in [0.4, 0.5) is 0 Å². The summed E-state index contributed by atoms with van der Waals surface area (Å²) >= 11 is 6.27. The van der Waals surface area contributed by atoms with Crippen molar-refractivity contribution in [2.24, 2.45) is 22.7 Å². The Morgan fingerprint density at radius 1 is 0.847 bits per heavy atom. The molecule has 0 aliphatic heterocycles. The molecule has 1 fully saturated rings. The number of ether oxygens (including phenoxy) is 1. The first-order valence-corrected chi connectivity index (χ1v) is 23.7. The van der Waals surface area contributed by atoms with E-state index in [0.29, 0.717) is 24.4 Å². The van der Waals surface area contributed by atoms with Crippen molar-refractivity contribution < 1.29 is 9.53 Å². The Bertz CT molecular complexity index is 1570. The van der Waals surface area contributed by atoms with Crippen molar-refractivity contribution in [3.63, 3.8) is 0 Å². The maximum atomic E-state index is 12.0. The number of aliphatic imine (C=N–C) groups is 1. The van der Waals surface area contributed by atoms with Crippen molar-refractivity contribution in [2.45, 2.75) is 185 Å². The third-order valence-electron chi connectivity index (χ3n) is 12.0. The number of amides is 1. The van der Waals surface area contributed by atoms with E-state index in [-0.39, 0.29) is 19.3 Å². The van der Waals surface area contributed by atoms with Crippen molar-refractivity contribution in [3.05, 3.63) is 99.3 Å². The summed E-state index contributed by atoms with van der Waals surface area (Å²) < 4.78 is 6.00. The molecular formula is C54H87ClN2O2. The molecule has 1 amide bonds. The number of nitrogens with one attached hydrogen (secondary N) is 1. The van der Waals surface area contributed by atoms with Gasteiger partial charge in [-0.1, -0.05) is 173 Å². The number of nitrogens with zero attached hydrogens (tertiary/aromatic N) is 1. The number of rotatable bonds is 23. The molecule has 59 heavy (non-hydrogen) atoms. The third kappa shape index (κ3) is 20.8. The maximum absolute atomic E-state index is 12.0. The lowest BCUT2D eigenvalue weighted by Crippen LogP contribution is -2.32. The van der Waals surface area contributed by atoms with Gasteiger partial charge in [0, 0.05) is 36.7 Å². The Kier molecular flexibility index (Phi) is 29.0. The van der Waals surface area contributed by atoms with Gasteiger partial charge in [-0.05, 0) is 123 Å². The molecule has 0 aromatic heterocycles. The minimum atomic E-state index is 0. The monoisotopic (exact) mass is 831 g/mol. The quantitative estimate of drug-likeness (QED) is 0.0896. The average Bonchev–Trinajstić information content (AvgIpc) is 4.10. The molecule has 0 spiro atoms. The Morgan fingerprint density at radius 3 is 2.14 bits per heavy atom. The van der Waals surface area contributed by atoms with Crippen LogP contribution in [0.25, 0.3) is 5.57 Å². The lowest BCUT2D eigenvalue weighted by Gasteiger charge is -2.26. The fourth-order valence-electron chi connectivity index (χ4n) is 7.82. The molecule has 332 valence electrons. The molecule has 0 bridgehead atoms. The molecule has 4 rings (SSSR count). The van der Waals surface area contributed by atoms with Crippen LogP contribution in [-0.2, 0) is 16.0 Å². The molecule has 0 radical (unpaired) electrons.